The Morgan fingerprint density at radius 2 is 1.96 bits per heavy atom. The van der Waals surface area contributed by atoms with Crippen LogP contribution in [0, 0.1) is 0 Å². The largest absolute Gasteiger partial charge is 0.497 e. The van der Waals surface area contributed by atoms with Crippen LogP contribution in [0.3, 0.4) is 0 Å². The molecule has 3 amide bonds. The molecule has 1 saturated heterocycles. The summed E-state index contributed by atoms with van der Waals surface area (Å²) in [4.78, 5) is 27.1. The number of carbonyl (C=O) groups is 2. The number of rotatable bonds is 5. The lowest BCUT2D eigenvalue weighted by Crippen LogP contribution is -2.33. The highest BCUT2D eigenvalue weighted by Gasteiger charge is 2.44. The van der Waals surface area contributed by atoms with Gasteiger partial charge in [0.25, 0.3) is 5.91 Å². The number of carbonyl (C=O) groups excluding carboxylic acids is 2. The average molecular weight is 328 g/mol. The van der Waals surface area contributed by atoms with Crippen molar-refractivity contribution in [3.05, 3.63) is 30.2 Å². The predicted molar refractivity (Wildman–Crippen MR) is 82.0 cm³/mol. The number of benzene rings is 1. The van der Waals surface area contributed by atoms with Crippen molar-refractivity contribution in [2.45, 2.75) is 25.4 Å². The third kappa shape index (κ3) is 2.60. The summed E-state index contributed by atoms with van der Waals surface area (Å²) in [5.74, 6) is 1.08. The van der Waals surface area contributed by atoms with Gasteiger partial charge in [-0.1, -0.05) is 0 Å². The van der Waals surface area contributed by atoms with E-state index in [4.69, 9.17) is 9.15 Å². The van der Waals surface area contributed by atoms with Crippen molar-refractivity contribution in [3.63, 3.8) is 0 Å². The van der Waals surface area contributed by atoms with Crippen LogP contribution in [0.15, 0.2) is 28.7 Å². The Morgan fingerprint density at radius 1 is 1.21 bits per heavy atom. The first-order chi connectivity index (χ1) is 11.7. The highest BCUT2D eigenvalue weighted by molar-refractivity contribution is 6.02. The molecule has 2 aliphatic rings. The number of ether oxygens (including phenoxy) is 1. The molecule has 0 N–H and O–H groups in total. The van der Waals surface area contributed by atoms with Crippen LogP contribution in [-0.2, 0) is 11.3 Å². The fourth-order valence-electron chi connectivity index (χ4n) is 2.69. The summed E-state index contributed by atoms with van der Waals surface area (Å²) < 4.78 is 10.7. The molecule has 1 saturated carbocycles. The molecule has 0 radical (unpaired) electrons. The van der Waals surface area contributed by atoms with E-state index in [1.54, 1.807) is 36.3 Å². The zero-order valence-electron chi connectivity index (χ0n) is 13.1. The number of hydrogen-bond acceptors (Lipinski definition) is 6. The number of methoxy groups -OCH3 is 1. The first-order valence-electron chi connectivity index (χ1n) is 7.73. The number of aromatic nitrogens is 2. The molecule has 0 bridgehead atoms. The number of urea groups is 1. The first kappa shape index (κ1) is 14.7. The Balaban J connectivity index is 1.48. The van der Waals surface area contributed by atoms with Crippen molar-refractivity contribution < 1.29 is 18.7 Å². The summed E-state index contributed by atoms with van der Waals surface area (Å²) in [6.45, 7) is 0.146. The van der Waals surface area contributed by atoms with Crippen LogP contribution in [0.5, 0.6) is 5.75 Å². The molecular weight excluding hydrogens is 312 g/mol. The normalized spacial score (nSPS) is 17.7. The smallest absolute Gasteiger partial charge is 0.327 e. The van der Waals surface area contributed by atoms with Crippen molar-refractivity contribution >= 4 is 11.9 Å². The van der Waals surface area contributed by atoms with Crippen LogP contribution >= 0.6 is 0 Å². The van der Waals surface area contributed by atoms with Gasteiger partial charge in [0.05, 0.1) is 7.11 Å². The Morgan fingerprint density at radius 3 is 2.62 bits per heavy atom. The maximum atomic E-state index is 12.3. The molecule has 1 aliphatic heterocycles. The fraction of sp³-hybridized carbons (Fsp3) is 0.375. The van der Waals surface area contributed by atoms with Crippen LogP contribution in [0.25, 0.3) is 11.5 Å². The summed E-state index contributed by atoms with van der Waals surface area (Å²) in [5.41, 5.74) is 0.744. The van der Waals surface area contributed by atoms with E-state index in [0.29, 0.717) is 5.89 Å². The number of hydrogen-bond donors (Lipinski definition) is 0. The zero-order valence-corrected chi connectivity index (χ0v) is 13.1. The molecule has 0 atom stereocenters. The quantitative estimate of drug-likeness (QED) is 0.776. The Bertz CT molecular complexity index is 782. The summed E-state index contributed by atoms with van der Waals surface area (Å²) in [6.07, 6.45) is 1.93. The highest BCUT2D eigenvalue weighted by Crippen LogP contribution is 2.31. The van der Waals surface area contributed by atoms with Gasteiger partial charge in [0.1, 0.15) is 18.8 Å². The van der Waals surface area contributed by atoms with Gasteiger partial charge >= 0.3 is 6.03 Å². The summed E-state index contributed by atoms with van der Waals surface area (Å²) in [7, 11) is 1.59. The van der Waals surface area contributed by atoms with Crippen LogP contribution in [0.1, 0.15) is 18.7 Å². The fourth-order valence-corrected chi connectivity index (χ4v) is 2.69. The van der Waals surface area contributed by atoms with Gasteiger partial charge in [-0.05, 0) is 37.1 Å². The van der Waals surface area contributed by atoms with Gasteiger partial charge in [-0.25, -0.2) is 4.79 Å². The standard InChI is InChI=1S/C16H16N4O4/c1-23-12-6-2-10(3-7-12)15-18-17-13(24-15)8-20-14(21)9-19(16(20)22)11-4-5-11/h2-3,6-7,11H,4-5,8-9H2,1H3. The van der Waals surface area contributed by atoms with Crippen molar-refractivity contribution in [2.75, 3.05) is 13.7 Å². The third-order valence-electron chi connectivity index (χ3n) is 4.17. The summed E-state index contributed by atoms with van der Waals surface area (Å²) in [5, 5.41) is 7.92. The second kappa shape index (κ2) is 5.63. The van der Waals surface area contributed by atoms with Crippen molar-refractivity contribution in [2.24, 2.45) is 0 Å². The second-order valence-corrected chi connectivity index (χ2v) is 5.85. The minimum Gasteiger partial charge on any atom is -0.497 e. The van der Waals surface area contributed by atoms with E-state index in [9.17, 15) is 9.59 Å². The van der Waals surface area contributed by atoms with Crippen LogP contribution in [0.2, 0.25) is 0 Å². The lowest BCUT2D eigenvalue weighted by atomic mass is 10.2. The molecule has 4 rings (SSSR count). The number of nitrogens with zero attached hydrogens (tertiary/aromatic N) is 4. The Labute approximate surface area is 138 Å². The molecule has 1 aromatic carbocycles. The van der Waals surface area contributed by atoms with Crippen LogP contribution < -0.4 is 4.74 Å². The molecule has 24 heavy (non-hydrogen) atoms. The van der Waals surface area contributed by atoms with Crippen LogP contribution in [0.4, 0.5) is 4.79 Å². The predicted octanol–water partition coefficient (Wildman–Crippen LogP) is 1.67. The van der Waals surface area contributed by atoms with E-state index in [1.165, 1.54) is 4.90 Å². The molecule has 8 nitrogen and oxygen atoms in total. The van der Waals surface area contributed by atoms with E-state index in [-0.39, 0.29) is 37.0 Å². The molecule has 2 aromatic rings. The first-order valence-corrected chi connectivity index (χ1v) is 7.73. The number of imide groups is 1. The minimum atomic E-state index is -0.272. The highest BCUT2D eigenvalue weighted by atomic mass is 16.5. The third-order valence-corrected chi connectivity index (χ3v) is 4.17. The molecule has 2 heterocycles. The Kier molecular flexibility index (Phi) is 3.44. The second-order valence-electron chi connectivity index (χ2n) is 5.85. The maximum Gasteiger partial charge on any atom is 0.327 e. The van der Waals surface area contributed by atoms with Gasteiger partial charge in [-0.15, -0.1) is 10.2 Å². The maximum absolute atomic E-state index is 12.3. The molecule has 2 fully saturated rings. The topological polar surface area (TPSA) is 88.8 Å². The van der Waals surface area contributed by atoms with E-state index >= 15 is 0 Å². The molecule has 1 aromatic heterocycles. The van der Waals surface area contributed by atoms with E-state index in [2.05, 4.69) is 10.2 Å². The SMILES string of the molecule is COc1ccc(-c2nnc(CN3C(=O)CN(C4CC4)C3=O)o2)cc1. The zero-order chi connectivity index (χ0) is 16.7. The van der Waals surface area contributed by atoms with Gasteiger partial charge in [0.15, 0.2) is 0 Å². The van der Waals surface area contributed by atoms with Crippen LogP contribution in [-0.4, -0.2) is 51.6 Å². The minimum absolute atomic E-state index is 0.00401. The van der Waals surface area contributed by atoms with Crippen molar-refractivity contribution in [1.29, 1.82) is 0 Å². The van der Waals surface area contributed by atoms with E-state index < -0.39 is 0 Å². The van der Waals surface area contributed by atoms with E-state index in [1.807, 2.05) is 0 Å². The average Bonchev–Trinajstić information content (AvgIpc) is 3.28. The monoisotopic (exact) mass is 328 g/mol. The summed E-state index contributed by atoms with van der Waals surface area (Å²) in [6, 6.07) is 7.13. The molecule has 0 unspecified atom stereocenters. The lowest BCUT2D eigenvalue weighted by molar-refractivity contribution is -0.126. The van der Waals surface area contributed by atoms with Crippen molar-refractivity contribution in [1.82, 2.24) is 20.0 Å². The Hall–Kier alpha value is -2.90. The summed E-state index contributed by atoms with van der Waals surface area (Å²) >= 11 is 0. The van der Waals surface area contributed by atoms with Gasteiger partial charge in [0, 0.05) is 11.6 Å². The van der Waals surface area contributed by atoms with Gasteiger partial charge < -0.3 is 14.1 Å². The molecule has 124 valence electrons. The lowest BCUT2D eigenvalue weighted by Gasteiger charge is -2.14. The van der Waals surface area contributed by atoms with Gasteiger partial charge in [-0.2, -0.15) is 0 Å². The van der Waals surface area contributed by atoms with E-state index in [0.717, 1.165) is 24.2 Å². The molecule has 8 heteroatoms. The number of amides is 3. The van der Waals surface area contributed by atoms with Gasteiger partial charge in [0.2, 0.25) is 11.8 Å². The van der Waals surface area contributed by atoms with Gasteiger partial charge in [-0.3, -0.25) is 9.69 Å². The molecule has 0 spiro atoms. The molecule has 1 aliphatic carbocycles. The van der Waals surface area contributed by atoms with Crippen molar-refractivity contribution in [3.8, 4) is 17.2 Å². The molecular formula is C16H16N4O4.